The largest absolute Gasteiger partial charge is 0.342 e. The van der Waals surface area contributed by atoms with Crippen LogP contribution < -0.4 is 5.32 Å². The summed E-state index contributed by atoms with van der Waals surface area (Å²) >= 11 is 0. The van der Waals surface area contributed by atoms with Gasteiger partial charge in [-0.25, -0.2) is 0 Å². The van der Waals surface area contributed by atoms with Gasteiger partial charge in [0.05, 0.1) is 6.54 Å². The molecular weight excluding hydrogens is 250 g/mol. The quantitative estimate of drug-likeness (QED) is 0.769. The van der Waals surface area contributed by atoms with E-state index in [4.69, 9.17) is 0 Å². The smallest absolute Gasteiger partial charge is 0.236 e. The first kappa shape index (κ1) is 15.8. The lowest BCUT2D eigenvalue weighted by Crippen LogP contribution is -2.45. The Kier molecular flexibility index (Phi) is 5.85. The Balaban J connectivity index is 1.68. The Bertz CT molecular complexity index is 315. The molecule has 1 heterocycles. The van der Waals surface area contributed by atoms with Gasteiger partial charge in [-0.3, -0.25) is 9.69 Å². The molecule has 1 saturated heterocycles. The molecule has 1 unspecified atom stereocenters. The minimum atomic E-state index is 0.309. The molecule has 2 fully saturated rings. The summed E-state index contributed by atoms with van der Waals surface area (Å²) in [7, 11) is 1.96. The molecule has 1 N–H and O–H groups in total. The number of nitrogens with zero attached hydrogens (tertiary/aromatic N) is 2. The molecule has 2 aliphatic rings. The van der Waals surface area contributed by atoms with Crippen molar-refractivity contribution in [2.45, 2.75) is 45.6 Å². The summed E-state index contributed by atoms with van der Waals surface area (Å²) in [6.45, 7) is 9.47. The number of carbonyl (C=O) groups is 1. The zero-order valence-electron chi connectivity index (χ0n) is 13.4. The van der Waals surface area contributed by atoms with Crippen LogP contribution >= 0.6 is 0 Å². The third kappa shape index (κ3) is 5.06. The van der Waals surface area contributed by atoms with Gasteiger partial charge < -0.3 is 10.2 Å². The van der Waals surface area contributed by atoms with E-state index in [2.05, 4.69) is 24.1 Å². The Morgan fingerprint density at radius 2 is 2.10 bits per heavy atom. The molecule has 1 saturated carbocycles. The van der Waals surface area contributed by atoms with Gasteiger partial charge in [0.1, 0.15) is 0 Å². The molecule has 2 rings (SSSR count). The zero-order chi connectivity index (χ0) is 14.5. The third-order valence-corrected chi connectivity index (χ3v) is 4.44. The van der Waals surface area contributed by atoms with E-state index in [0.717, 1.165) is 26.2 Å². The molecule has 0 bridgehead atoms. The van der Waals surface area contributed by atoms with E-state index in [9.17, 15) is 4.79 Å². The predicted octanol–water partition coefficient (Wildman–Crippen LogP) is 1.56. The van der Waals surface area contributed by atoms with Gasteiger partial charge in [-0.2, -0.15) is 0 Å². The second-order valence-corrected chi connectivity index (χ2v) is 7.03. The first-order chi connectivity index (χ1) is 9.56. The van der Waals surface area contributed by atoms with E-state index in [0.29, 0.717) is 30.3 Å². The highest BCUT2D eigenvalue weighted by atomic mass is 16.2. The summed E-state index contributed by atoms with van der Waals surface area (Å²) in [5.41, 5.74) is 0. The highest BCUT2D eigenvalue weighted by Gasteiger charge is 2.31. The average Bonchev–Trinajstić information content (AvgIpc) is 3.22. The Labute approximate surface area is 123 Å². The second kappa shape index (κ2) is 7.41. The van der Waals surface area contributed by atoms with Crippen LogP contribution in [0.25, 0.3) is 0 Å². The van der Waals surface area contributed by atoms with Gasteiger partial charge in [0.15, 0.2) is 0 Å². The third-order valence-electron chi connectivity index (χ3n) is 4.44. The summed E-state index contributed by atoms with van der Waals surface area (Å²) in [5.74, 6) is 1.73. The number of carbonyl (C=O) groups excluding carboxylic acids is 1. The number of hydrogen-bond acceptors (Lipinski definition) is 3. The molecule has 1 aliphatic heterocycles. The van der Waals surface area contributed by atoms with E-state index >= 15 is 0 Å². The average molecular weight is 281 g/mol. The first-order valence-electron chi connectivity index (χ1n) is 8.25. The lowest BCUT2D eigenvalue weighted by Gasteiger charge is -2.33. The summed E-state index contributed by atoms with van der Waals surface area (Å²) < 4.78 is 0. The van der Waals surface area contributed by atoms with Crippen molar-refractivity contribution in [3.05, 3.63) is 0 Å². The van der Waals surface area contributed by atoms with Gasteiger partial charge >= 0.3 is 0 Å². The highest BCUT2D eigenvalue weighted by molar-refractivity contribution is 5.78. The minimum Gasteiger partial charge on any atom is -0.342 e. The molecule has 0 spiro atoms. The van der Waals surface area contributed by atoms with Crippen LogP contribution in [0.5, 0.6) is 0 Å². The molecule has 0 aromatic heterocycles. The molecule has 0 aromatic carbocycles. The van der Waals surface area contributed by atoms with Crippen molar-refractivity contribution in [3.8, 4) is 0 Å². The van der Waals surface area contributed by atoms with Crippen molar-refractivity contribution in [1.82, 2.24) is 15.1 Å². The van der Waals surface area contributed by atoms with E-state index < -0.39 is 0 Å². The lowest BCUT2D eigenvalue weighted by molar-refractivity contribution is -0.132. The van der Waals surface area contributed by atoms with Crippen LogP contribution in [0.4, 0.5) is 0 Å². The summed E-state index contributed by atoms with van der Waals surface area (Å²) in [5, 5.41) is 3.56. The van der Waals surface area contributed by atoms with E-state index in [1.165, 1.54) is 25.7 Å². The van der Waals surface area contributed by atoms with Crippen LogP contribution in [0.15, 0.2) is 0 Å². The maximum Gasteiger partial charge on any atom is 0.236 e. The number of likely N-dealkylation sites (tertiary alicyclic amines) is 1. The zero-order valence-corrected chi connectivity index (χ0v) is 13.4. The van der Waals surface area contributed by atoms with Crippen LogP contribution in [0, 0.1) is 11.8 Å². The number of likely N-dealkylation sites (N-methyl/N-ethyl adjacent to an activating group) is 1. The van der Waals surface area contributed by atoms with Gasteiger partial charge in [-0.05, 0) is 57.2 Å². The predicted molar refractivity (Wildman–Crippen MR) is 82.7 cm³/mol. The maximum atomic E-state index is 12.2. The SMILES string of the molecule is CC(C)CNCC1CCCN(CC(=O)N(C)C2CC2)C1. The van der Waals surface area contributed by atoms with E-state index in [1.807, 2.05) is 11.9 Å². The van der Waals surface area contributed by atoms with Crippen molar-refractivity contribution in [2.75, 3.05) is 39.8 Å². The number of rotatable bonds is 7. The highest BCUT2D eigenvalue weighted by Crippen LogP contribution is 2.25. The normalized spacial score (nSPS) is 24.1. The van der Waals surface area contributed by atoms with Crippen molar-refractivity contribution in [1.29, 1.82) is 0 Å². The second-order valence-electron chi connectivity index (χ2n) is 7.03. The molecular formula is C16H31N3O. The molecule has 0 radical (unpaired) electrons. The van der Waals surface area contributed by atoms with Crippen LogP contribution in [0.1, 0.15) is 39.5 Å². The van der Waals surface area contributed by atoms with Crippen molar-refractivity contribution >= 4 is 5.91 Å². The number of hydrogen-bond donors (Lipinski definition) is 1. The van der Waals surface area contributed by atoms with E-state index in [-0.39, 0.29) is 0 Å². The molecule has 20 heavy (non-hydrogen) atoms. The van der Waals surface area contributed by atoms with Crippen LogP contribution in [0.2, 0.25) is 0 Å². The number of amides is 1. The van der Waals surface area contributed by atoms with E-state index in [1.54, 1.807) is 0 Å². The van der Waals surface area contributed by atoms with Gasteiger partial charge in [-0.15, -0.1) is 0 Å². The van der Waals surface area contributed by atoms with Crippen LogP contribution in [-0.4, -0.2) is 61.5 Å². The molecule has 116 valence electrons. The monoisotopic (exact) mass is 281 g/mol. The Morgan fingerprint density at radius 1 is 1.35 bits per heavy atom. The molecule has 1 aliphatic carbocycles. The lowest BCUT2D eigenvalue weighted by atomic mass is 9.98. The Morgan fingerprint density at radius 3 is 2.75 bits per heavy atom. The topological polar surface area (TPSA) is 35.6 Å². The first-order valence-corrected chi connectivity index (χ1v) is 8.25. The van der Waals surface area contributed by atoms with Crippen LogP contribution in [-0.2, 0) is 4.79 Å². The van der Waals surface area contributed by atoms with Gasteiger partial charge in [0, 0.05) is 19.6 Å². The fourth-order valence-corrected chi connectivity index (χ4v) is 3.01. The number of nitrogens with one attached hydrogen (secondary N) is 1. The standard InChI is InChI=1S/C16H31N3O/c1-13(2)9-17-10-14-5-4-8-19(11-14)12-16(20)18(3)15-6-7-15/h13-15,17H,4-12H2,1-3H3. The van der Waals surface area contributed by atoms with Gasteiger partial charge in [-0.1, -0.05) is 13.8 Å². The fraction of sp³-hybridized carbons (Fsp3) is 0.938. The number of piperidine rings is 1. The molecule has 4 heteroatoms. The van der Waals surface area contributed by atoms with Gasteiger partial charge in [0.25, 0.3) is 0 Å². The van der Waals surface area contributed by atoms with Crippen molar-refractivity contribution in [3.63, 3.8) is 0 Å². The van der Waals surface area contributed by atoms with Crippen molar-refractivity contribution < 1.29 is 4.79 Å². The van der Waals surface area contributed by atoms with Gasteiger partial charge in [0.2, 0.25) is 5.91 Å². The summed E-state index contributed by atoms with van der Waals surface area (Å²) in [6.07, 6.45) is 4.93. The summed E-state index contributed by atoms with van der Waals surface area (Å²) in [4.78, 5) is 16.5. The molecule has 4 nitrogen and oxygen atoms in total. The maximum absolute atomic E-state index is 12.2. The molecule has 1 atom stereocenters. The summed E-state index contributed by atoms with van der Waals surface area (Å²) in [6, 6.07) is 0.538. The fourth-order valence-electron chi connectivity index (χ4n) is 3.01. The molecule has 0 aromatic rings. The van der Waals surface area contributed by atoms with Crippen LogP contribution in [0.3, 0.4) is 0 Å². The minimum absolute atomic E-state index is 0.309. The Hall–Kier alpha value is -0.610. The van der Waals surface area contributed by atoms with Crippen molar-refractivity contribution in [2.24, 2.45) is 11.8 Å². The molecule has 1 amide bonds.